The topological polar surface area (TPSA) is 29.3 Å². The monoisotopic (exact) mass is 338 g/mol. The Balaban J connectivity index is 2.23. The van der Waals surface area contributed by atoms with Crippen LogP contribution in [0.2, 0.25) is 0 Å². The highest BCUT2D eigenvalue weighted by Crippen LogP contribution is 2.34. The molecule has 2 unspecified atom stereocenters. The van der Waals surface area contributed by atoms with E-state index in [-0.39, 0.29) is 6.04 Å². The number of rotatable bonds is 7. The molecule has 0 amide bonds. The van der Waals surface area contributed by atoms with Crippen LogP contribution in [0.1, 0.15) is 51.1 Å². The lowest BCUT2D eigenvalue weighted by molar-refractivity contribution is 0.121. The minimum Gasteiger partial charge on any atom is -0.326 e. The minimum absolute atomic E-state index is 0.189. The molecule has 1 aromatic rings. The highest BCUT2D eigenvalue weighted by molar-refractivity contribution is 9.10. The first kappa shape index (κ1) is 16.0. The average molecular weight is 339 g/mol. The lowest BCUT2D eigenvalue weighted by atomic mass is 9.84. The molecule has 20 heavy (non-hydrogen) atoms. The van der Waals surface area contributed by atoms with Crippen LogP contribution in [0.3, 0.4) is 0 Å². The fraction of sp³-hybridized carbons (Fsp3) is 0.647. The summed E-state index contributed by atoms with van der Waals surface area (Å²) in [7, 11) is 0. The SMILES string of the molecule is CCC(N)C(c1ccccc1Br)N(CC)CC1CCC1. The summed E-state index contributed by atoms with van der Waals surface area (Å²) in [6, 6.07) is 9.04. The van der Waals surface area contributed by atoms with Crippen LogP contribution in [0, 0.1) is 5.92 Å². The maximum Gasteiger partial charge on any atom is 0.0510 e. The third kappa shape index (κ3) is 3.63. The summed E-state index contributed by atoms with van der Waals surface area (Å²) in [4.78, 5) is 2.58. The molecule has 2 atom stereocenters. The summed E-state index contributed by atoms with van der Waals surface area (Å²) in [5.41, 5.74) is 7.80. The number of benzene rings is 1. The van der Waals surface area contributed by atoms with Gasteiger partial charge in [0.2, 0.25) is 0 Å². The molecule has 0 aromatic heterocycles. The molecule has 1 aliphatic carbocycles. The number of halogens is 1. The first-order valence-electron chi connectivity index (χ1n) is 7.91. The van der Waals surface area contributed by atoms with Gasteiger partial charge < -0.3 is 5.73 Å². The normalized spacial score (nSPS) is 18.9. The van der Waals surface area contributed by atoms with Crippen LogP contribution in [0.15, 0.2) is 28.7 Å². The van der Waals surface area contributed by atoms with E-state index in [0.717, 1.165) is 18.9 Å². The summed E-state index contributed by atoms with van der Waals surface area (Å²) in [6.07, 6.45) is 5.19. The van der Waals surface area contributed by atoms with Crippen molar-refractivity contribution in [2.24, 2.45) is 11.7 Å². The number of hydrogen-bond acceptors (Lipinski definition) is 2. The average Bonchev–Trinajstić information content (AvgIpc) is 2.42. The second-order valence-corrected chi connectivity index (χ2v) is 6.78. The number of nitrogens with two attached hydrogens (primary N) is 1. The minimum atomic E-state index is 0.189. The third-order valence-corrected chi connectivity index (χ3v) is 5.34. The molecule has 0 heterocycles. The summed E-state index contributed by atoms with van der Waals surface area (Å²) < 4.78 is 1.18. The highest BCUT2D eigenvalue weighted by Gasteiger charge is 2.29. The summed E-state index contributed by atoms with van der Waals surface area (Å²) >= 11 is 3.71. The Bertz CT molecular complexity index is 417. The van der Waals surface area contributed by atoms with Crippen LogP contribution in [0.4, 0.5) is 0 Å². The van der Waals surface area contributed by atoms with Gasteiger partial charge in [0.15, 0.2) is 0 Å². The van der Waals surface area contributed by atoms with E-state index >= 15 is 0 Å². The number of hydrogen-bond donors (Lipinski definition) is 1. The Morgan fingerprint density at radius 1 is 1.30 bits per heavy atom. The van der Waals surface area contributed by atoms with Crippen LogP contribution in [0.5, 0.6) is 0 Å². The molecule has 2 N–H and O–H groups in total. The van der Waals surface area contributed by atoms with Gasteiger partial charge >= 0.3 is 0 Å². The van der Waals surface area contributed by atoms with E-state index in [2.05, 4.69) is 58.9 Å². The fourth-order valence-corrected chi connectivity index (χ4v) is 3.60. The molecular formula is C17H27BrN2. The summed E-state index contributed by atoms with van der Waals surface area (Å²) in [5, 5.41) is 0. The van der Waals surface area contributed by atoms with Gasteiger partial charge in [0.25, 0.3) is 0 Å². The van der Waals surface area contributed by atoms with Crippen molar-refractivity contribution in [1.29, 1.82) is 0 Å². The molecule has 0 bridgehead atoms. The molecule has 2 rings (SSSR count). The molecule has 1 saturated carbocycles. The Labute approximate surface area is 131 Å². The lowest BCUT2D eigenvalue weighted by Gasteiger charge is -2.39. The molecule has 0 spiro atoms. The first-order valence-corrected chi connectivity index (χ1v) is 8.70. The van der Waals surface area contributed by atoms with E-state index in [1.54, 1.807) is 0 Å². The van der Waals surface area contributed by atoms with Gasteiger partial charge in [0, 0.05) is 17.1 Å². The van der Waals surface area contributed by atoms with Crippen LogP contribution >= 0.6 is 15.9 Å². The van der Waals surface area contributed by atoms with E-state index in [4.69, 9.17) is 5.73 Å². The maximum absolute atomic E-state index is 6.47. The van der Waals surface area contributed by atoms with Gasteiger partial charge in [-0.2, -0.15) is 0 Å². The predicted molar refractivity (Wildman–Crippen MR) is 89.7 cm³/mol. The molecule has 2 nitrogen and oxygen atoms in total. The third-order valence-electron chi connectivity index (χ3n) is 4.62. The van der Waals surface area contributed by atoms with Crippen LogP contribution in [-0.2, 0) is 0 Å². The van der Waals surface area contributed by atoms with E-state index in [1.165, 1.54) is 35.8 Å². The predicted octanol–water partition coefficient (Wildman–Crippen LogP) is 4.35. The van der Waals surface area contributed by atoms with Crippen molar-refractivity contribution in [2.45, 2.75) is 51.6 Å². The fourth-order valence-electron chi connectivity index (χ4n) is 3.08. The molecule has 1 aromatic carbocycles. The van der Waals surface area contributed by atoms with Crippen molar-refractivity contribution in [1.82, 2.24) is 4.90 Å². The van der Waals surface area contributed by atoms with E-state index in [1.807, 2.05) is 0 Å². The van der Waals surface area contributed by atoms with Crippen molar-refractivity contribution < 1.29 is 0 Å². The molecule has 112 valence electrons. The van der Waals surface area contributed by atoms with Gasteiger partial charge in [-0.3, -0.25) is 4.90 Å². The van der Waals surface area contributed by atoms with Crippen molar-refractivity contribution in [3.8, 4) is 0 Å². The van der Waals surface area contributed by atoms with Crippen molar-refractivity contribution in [3.05, 3.63) is 34.3 Å². The number of likely N-dealkylation sites (N-methyl/N-ethyl adjacent to an activating group) is 1. The zero-order valence-corrected chi connectivity index (χ0v) is 14.3. The summed E-state index contributed by atoms with van der Waals surface area (Å²) in [5.74, 6) is 0.879. The second-order valence-electron chi connectivity index (χ2n) is 5.92. The van der Waals surface area contributed by atoms with Gasteiger partial charge in [-0.15, -0.1) is 0 Å². The maximum atomic E-state index is 6.47. The quantitative estimate of drug-likeness (QED) is 0.800. The summed E-state index contributed by atoms with van der Waals surface area (Å²) in [6.45, 7) is 6.70. The smallest absolute Gasteiger partial charge is 0.0510 e. The Kier molecular flexibility index (Phi) is 6.06. The van der Waals surface area contributed by atoms with Gasteiger partial charge in [-0.05, 0) is 43.4 Å². The Hall–Kier alpha value is -0.380. The molecular weight excluding hydrogens is 312 g/mol. The highest BCUT2D eigenvalue weighted by atomic mass is 79.9. The molecule has 1 aliphatic rings. The first-order chi connectivity index (χ1) is 9.67. The van der Waals surface area contributed by atoms with Crippen LogP contribution in [0.25, 0.3) is 0 Å². The van der Waals surface area contributed by atoms with Gasteiger partial charge in [0.1, 0.15) is 0 Å². The number of nitrogens with zero attached hydrogens (tertiary/aromatic N) is 1. The Morgan fingerprint density at radius 2 is 2.00 bits per heavy atom. The second kappa shape index (κ2) is 7.58. The van der Waals surface area contributed by atoms with E-state index in [0.29, 0.717) is 6.04 Å². The zero-order valence-electron chi connectivity index (χ0n) is 12.7. The Morgan fingerprint density at radius 3 is 2.50 bits per heavy atom. The van der Waals surface area contributed by atoms with Crippen LogP contribution in [-0.4, -0.2) is 24.0 Å². The van der Waals surface area contributed by atoms with Gasteiger partial charge in [0.05, 0.1) is 6.04 Å². The van der Waals surface area contributed by atoms with Crippen molar-refractivity contribution >= 4 is 15.9 Å². The largest absolute Gasteiger partial charge is 0.326 e. The van der Waals surface area contributed by atoms with E-state index in [9.17, 15) is 0 Å². The molecule has 0 radical (unpaired) electrons. The van der Waals surface area contributed by atoms with Crippen molar-refractivity contribution in [2.75, 3.05) is 13.1 Å². The molecule has 0 saturated heterocycles. The molecule has 3 heteroatoms. The molecule has 0 aliphatic heterocycles. The van der Waals surface area contributed by atoms with E-state index < -0.39 is 0 Å². The zero-order chi connectivity index (χ0) is 14.5. The van der Waals surface area contributed by atoms with Gasteiger partial charge in [-0.25, -0.2) is 0 Å². The molecule has 1 fully saturated rings. The standard InChI is InChI=1S/C17H27BrN2/c1-3-16(19)17(14-10-5-6-11-15(14)18)20(4-2)12-13-8-7-9-13/h5-6,10-11,13,16-17H,3-4,7-9,12,19H2,1-2H3. The van der Waals surface area contributed by atoms with Crippen molar-refractivity contribution in [3.63, 3.8) is 0 Å². The van der Waals surface area contributed by atoms with Crippen LogP contribution < -0.4 is 5.73 Å². The van der Waals surface area contributed by atoms with Gasteiger partial charge in [-0.1, -0.05) is 54.4 Å². The lowest BCUT2D eigenvalue weighted by Crippen LogP contribution is -2.44.